The molecule has 0 N–H and O–H groups in total. The van der Waals surface area contributed by atoms with Crippen LogP contribution in [0, 0.1) is 0 Å². The van der Waals surface area contributed by atoms with Crippen molar-refractivity contribution in [3.63, 3.8) is 0 Å². The Bertz CT molecular complexity index is 987. The van der Waals surface area contributed by atoms with Crippen LogP contribution in [-0.2, 0) is 4.74 Å². The van der Waals surface area contributed by atoms with Gasteiger partial charge in [0.2, 0.25) is 0 Å². The van der Waals surface area contributed by atoms with Gasteiger partial charge in [0.25, 0.3) is 0 Å². The van der Waals surface area contributed by atoms with Crippen LogP contribution in [0.1, 0.15) is 37.0 Å². The van der Waals surface area contributed by atoms with Gasteiger partial charge in [-0.25, -0.2) is 4.79 Å². The van der Waals surface area contributed by atoms with Gasteiger partial charge in [-0.15, -0.1) is 0 Å². The van der Waals surface area contributed by atoms with Crippen LogP contribution >= 0.6 is 11.6 Å². The molecule has 29 heavy (non-hydrogen) atoms. The maximum absolute atomic E-state index is 12.1. The van der Waals surface area contributed by atoms with E-state index < -0.39 is 0 Å². The van der Waals surface area contributed by atoms with Crippen LogP contribution in [0.4, 0.5) is 0 Å². The van der Waals surface area contributed by atoms with Crippen molar-refractivity contribution in [1.82, 2.24) is 4.98 Å². The maximum atomic E-state index is 12.1. The molecule has 0 spiro atoms. The molecule has 0 saturated carbocycles. The van der Waals surface area contributed by atoms with Crippen molar-refractivity contribution in [2.24, 2.45) is 0 Å². The normalized spacial score (nSPS) is 10.6. The van der Waals surface area contributed by atoms with Gasteiger partial charge in [0.1, 0.15) is 5.75 Å². The summed E-state index contributed by atoms with van der Waals surface area (Å²) in [4.78, 5) is 16.7. The summed E-state index contributed by atoms with van der Waals surface area (Å²) in [5.74, 6) is 0.414. The Morgan fingerprint density at radius 2 is 1.90 bits per heavy atom. The zero-order valence-electron chi connectivity index (χ0n) is 16.7. The third-order valence-electron chi connectivity index (χ3n) is 4.44. The summed E-state index contributed by atoms with van der Waals surface area (Å²) in [6.45, 7) is 4.89. The summed E-state index contributed by atoms with van der Waals surface area (Å²) in [7, 11) is 0. The molecular formula is C24H24ClNO3. The van der Waals surface area contributed by atoms with E-state index in [1.165, 1.54) is 0 Å². The zero-order chi connectivity index (χ0) is 20.6. The molecule has 0 saturated heterocycles. The molecule has 0 bridgehead atoms. The van der Waals surface area contributed by atoms with Gasteiger partial charge in [-0.3, -0.25) is 4.98 Å². The second-order valence-corrected chi connectivity index (χ2v) is 6.98. The number of carbonyl (C=O) groups is 1. The lowest BCUT2D eigenvalue weighted by Crippen LogP contribution is -2.04. The van der Waals surface area contributed by atoms with Gasteiger partial charge >= 0.3 is 5.97 Å². The Hall–Kier alpha value is -2.85. The highest BCUT2D eigenvalue weighted by molar-refractivity contribution is 6.31. The number of rotatable bonds is 8. The van der Waals surface area contributed by atoms with E-state index in [2.05, 4.69) is 11.9 Å². The Morgan fingerprint density at radius 3 is 2.69 bits per heavy atom. The summed E-state index contributed by atoms with van der Waals surface area (Å²) in [6, 6.07) is 16.8. The van der Waals surface area contributed by atoms with Crippen molar-refractivity contribution in [3.05, 3.63) is 71.4 Å². The lowest BCUT2D eigenvalue weighted by Gasteiger charge is -2.15. The predicted octanol–water partition coefficient (Wildman–Crippen LogP) is 6.42. The largest absolute Gasteiger partial charge is 0.493 e. The first-order valence-electron chi connectivity index (χ1n) is 9.79. The van der Waals surface area contributed by atoms with Gasteiger partial charge in [0.05, 0.1) is 24.5 Å². The van der Waals surface area contributed by atoms with Crippen molar-refractivity contribution < 1.29 is 14.3 Å². The summed E-state index contributed by atoms with van der Waals surface area (Å²) in [5, 5.41) is 0.623. The molecule has 5 heteroatoms. The number of hydrogen-bond donors (Lipinski definition) is 0. The summed E-state index contributed by atoms with van der Waals surface area (Å²) in [5.41, 5.74) is 3.83. The van der Waals surface area contributed by atoms with Crippen LogP contribution in [-0.4, -0.2) is 24.2 Å². The summed E-state index contributed by atoms with van der Waals surface area (Å²) >= 11 is 6.29. The summed E-state index contributed by atoms with van der Waals surface area (Å²) < 4.78 is 11.1. The van der Waals surface area contributed by atoms with Crippen molar-refractivity contribution >= 4 is 17.6 Å². The first-order valence-corrected chi connectivity index (χ1v) is 10.2. The van der Waals surface area contributed by atoms with Crippen molar-refractivity contribution in [1.29, 1.82) is 0 Å². The molecule has 3 aromatic rings. The fraction of sp³-hybridized carbons (Fsp3) is 0.250. The molecule has 3 rings (SSSR count). The lowest BCUT2D eigenvalue weighted by molar-refractivity contribution is 0.0526. The Morgan fingerprint density at radius 1 is 1.03 bits per heavy atom. The van der Waals surface area contributed by atoms with Crippen LogP contribution in [0.3, 0.4) is 0 Å². The molecule has 2 aromatic carbocycles. The number of hydrogen-bond acceptors (Lipinski definition) is 4. The number of aromatic nitrogens is 1. The Kier molecular flexibility index (Phi) is 7.25. The standard InChI is InChI=1S/C24H24ClNO3/c1-3-5-14-29-22-12-11-19(25)16-21(22)20-10-7-13-26-23(20)17-8-6-9-18(15-17)24(27)28-4-2/h6-13,15-16H,3-5,14H2,1-2H3. The quantitative estimate of drug-likeness (QED) is 0.318. The zero-order valence-corrected chi connectivity index (χ0v) is 17.4. The van der Waals surface area contributed by atoms with Gasteiger partial charge in [-0.1, -0.05) is 43.1 Å². The van der Waals surface area contributed by atoms with Crippen LogP contribution < -0.4 is 4.74 Å². The fourth-order valence-electron chi connectivity index (χ4n) is 3.03. The van der Waals surface area contributed by atoms with Crippen molar-refractivity contribution in [2.45, 2.75) is 26.7 Å². The highest BCUT2D eigenvalue weighted by atomic mass is 35.5. The smallest absolute Gasteiger partial charge is 0.338 e. The molecule has 0 aliphatic heterocycles. The van der Waals surface area contributed by atoms with E-state index in [-0.39, 0.29) is 5.97 Å². The van der Waals surface area contributed by atoms with E-state index >= 15 is 0 Å². The number of nitrogens with zero attached hydrogens (tertiary/aromatic N) is 1. The summed E-state index contributed by atoms with van der Waals surface area (Å²) in [6.07, 6.45) is 3.77. The van der Waals surface area contributed by atoms with E-state index in [4.69, 9.17) is 21.1 Å². The number of unbranched alkanes of at least 4 members (excludes halogenated alkanes) is 1. The van der Waals surface area contributed by atoms with Crippen LogP contribution in [0.2, 0.25) is 5.02 Å². The van der Waals surface area contributed by atoms with E-state index in [1.807, 2.05) is 42.5 Å². The molecule has 0 aliphatic carbocycles. The lowest BCUT2D eigenvalue weighted by atomic mass is 9.97. The average molecular weight is 410 g/mol. The van der Waals surface area contributed by atoms with Crippen LogP contribution in [0.25, 0.3) is 22.4 Å². The Balaban J connectivity index is 2.06. The van der Waals surface area contributed by atoms with Gasteiger partial charge in [-0.05, 0) is 49.7 Å². The fourth-order valence-corrected chi connectivity index (χ4v) is 3.20. The SMILES string of the molecule is CCCCOc1ccc(Cl)cc1-c1cccnc1-c1cccc(C(=O)OCC)c1. The molecule has 0 fully saturated rings. The molecule has 0 atom stereocenters. The van der Waals surface area contributed by atoms with E-state index in [0.717, 1.165) is 41.0 Å². The number of carbonyl (C=O) groups excluding carboxylic acids is 1. The monoisotopic (exact) mass is 409 g/mol. The first kappa shape index (κ1) is 20.9. The second kappa shape index (κ2) is 10.1. The van der Waals surface area contributed by atoms with Crippen LogP contribution in [0.15, 0.2) is 60.8 Å². The molecule has 0 aliphatic rings. The maximum Gasteiger partial charge on any atom is 0.338 e. The average Bonchev–Trinajstić information content (AvgIpc) is 2.75. The first-order chi connectivity index (χ1) is 14.1. The molecule has 0 unspecified atom stereocenters. The number of halogens is 1. The predicted molar refractivity (Wildman–Crippen MR) is 116 cm³/mol. The molecule has 1 heterocycles. The highest BCUT2D eigenvalue weighted by Crippen LogP contribution is 2.38. The minimum absolute atomic E-state index is 0.332. The molecule has 150 valence electrons. The molecule has 1 aromatic heterocycles. The number of esters is 1. The van der Waals surface area contributed by atoms with Gasteiger partial charge in [0, 0.05) is 27.9 Å². The van der Waals surface area contributed by atoms with E-state index in [9.17, 15) is 4.79 Å². The highest BCUT2D eigenvalue weighted by Gasteiger charge is 2.15. The Labute approximate surface area is 176 Å². The third-order valence-corrected chi connectivity index (χ3v) is 4.68. The van der Waals surface area contributed by atoms with E-state index in [0.29, 0.717) is 23.8 Å². The van der Waals surface area contributed by atoms with Crippen LogP contribution in [0.5, 0.6) is 5.75 Å². The van der Waals surface area contributed by atoms with Gasteiger partial charge < -0.3 is 9.47 Å². The molecule has 0 amide bonds. The minimum atomic E-state index is -0.349. The molecular weight excluding hydrogens is 386 g/mol. The molecule has 4 nitrogen and oxygen atoms in total. The van der Waals surface area contributed by atoms with Crippen molar-refractivity contribution in [2.75, 3.05) is 13.2 Å². The van der Waals surface area contributed by atoms with Gasteiger partial charge in [0.15, 0.2) is 0 Å². The number of pyridine rings is 1. The third kappa shape index (κ3) is 5.15. The molecule has 0 radical (unpaired) electrons. The van der Waals surface area contributed by atoms with Crippen molar-refractivity contribution in [3.8, 4) is 28.1 Å². The van der Waals surface area contributed by atoms with E-state index in [1.54, 1.807) is 25.3 Å². The minimum Gasteiger partial charge on any atom is -0.493 e. The second-order valence-electron chi connectivity index (χ2n) is 6.54. The topological polar surface area (TPSA) is 48.4 Å². The van der Waals surface area contributed by atoms with Gasteiger partial charge in [-0.2, -0.15) is 0 Å². The number of benzene rings is 2. The number of ether oxygens (including phenoxy) is 2.